The number of anilines is 1. The van der Waals surface area contributed by atoms with Crippen LogP contribution in [-0.2, 0) is 4.79 Å². The number of hydrogen-bond donors (Lipinski definition) is 3. The van der Waals surface area contributed by atoms with Crippen LogP contribution in [0.4, 0.5) is 5.69 Å². The van der Waals surface area contributed by atoms with Crippen LogP contribution in [0.15, 0.2) is 41.4 Å². The molecule has 1 atom stereocenters. The van der Waals surface area contributed by atoms with Crippen LogP contribution in [0.1, 0.15) is 6.92 Å². The highest BCUT2D eigenvalue weighted by Crippen LogP contribution is 2.28. The SMILES string of the molecule is CC1=CSC(N)(C(=O)Nc2ccccc2)N1. The lowest BCUT2D eigenvalue weighted by molar-refractivity contribution is -0.118. The van der Waals surface area contributed by atoms with E-state index in [0.717, 1.165) is 11.4 Å². The van der Waals surface area contributed by atoms with Gasteiger partial charge in [0, 0.05) is 11.4 Å². The van der Waals surface area contributed by atoms with Gasteiger partial charge in [-0.3, -0.25) is 10.5 Å². The standard InChI is InChI=1S/C11H13N3OS/c1-8-7-16-11(12,14-8)10(15)13-9-5-3-2-4-6-9/h2-7,14H,12H2,1H3,(H,13,15). The van der Waals surface area contributed by atoms with Gasteiger partial charge in [-0.15, -0.1) is 0 Å². The number of allylic oxidation sites excluding steroid dienone is 1. The molecule has 1 aromatic carbocycles. The molecule has 1 unspecified atom stereocenters. The van der Waals surface area contributed by atoms with Crippen molar-refractivity contribution in [1.29, 1.82) is 0 Å². The van der Waals surface area contributed by atoms with E-state index in [1.54, 1.807) is 0 Å². The molecule has 1 aliphatic rings. The summed E-state index contributed by atoms with van der Waals surface area (Å²) in [5.41, 5.74) is 7.57. The van der Waals surface area contributed by atoms with Crippen molar-refractivity contribution in [2.24, 2.45) is 5.73 Å². The number of benzene rings is 1. The van der Waals surface area contributed by atoms with E-state index in [1.807, 2.05) is 42.7 Å². The van der Waals surface area contributed by atoms with Crippen LogP contribution in [-0.4, -0.2) is 10.9 Å². The fourth-order valence-corrected chi connectivity index (χ4v) is 2.19. The van der Waals surface area contributed by atoms with Crippen molar-refractivity contribution in [1.82, 2.24) is 5.32 Å². The van der Waals surface area contributed by atoms with Gasteiger partial charge < -0.3 is 10.6 Å². The molecule has 1 amide bonds. The van der Waals surface area contributed by atoms with Gasteiger partial charge >= 0.3 is 0 Å². The topological polar surface area (TPSA) is 67.2 Å². The molecule has 4 nitrogen and oxygen atoms in total. The third-order valence-electron chi connectivity index (χ3n) is 2.17. The zero-order valence-electron chi connectivity index (χ0n) is 8.86. The largest absolute Gasteiger partial charge is 0.354 e. The highest BCUT2D eigenvalue weighted by molar-refractivity contribution is 8.04. The summed E-state index contributed by atoms with van der Waals surface area (Å²) in [6.45, 7) is 1.87. The van der Waals surface area contributed by atoms with Gasteiger partial charge in [-0.1, -0.05) is 30.0 Å². The molecule has 0 radical (unpaired) electrons. The average Bonchev–Trinajstić information content (AvgIpc) is 2.61. The third-order valence-corrected chi connectivity index (χ3v) is 3.30. The zero-order chi connectivity index (χ0) is 11.6. The highest BCUT2D eigenvalue weighted by atomic mass is 32.2. The first kappa shape index (κ1) is 11.0. The molecule has 1 aromatic rings. The smallest absolute Gasteiger partial charge is 0.276 e. The lowest BCUT2D eigenvalue weighted by atomic mass is 10.3. The minimum Gasteiger partial charge on any atom is -0.354 e. The quantitative estimate of drug-likeness (QED) is 0.725. The van der Waals surface area contributed by atoms with E-state index in [9.17, 15) is 4.79 Å². The molecular formula is C11H13N3OS. The summed E-state index contributed by atoms with van der Waals surface area (Å²) >= 11 is 1.27. The number of nitrogens with two attached hydrogens (primary N) is 1. The second kappa shape index (κ2) is 4.19. The lowest BCUT2D eigenvalue weighted by Gasteiger charge is -2.23. The summed E-state index contributed by atoms with van der Waals surface area (Å²) in [6.07, 6.45) is 0. The normalized spacial score (nSPS) is 23.5. The van der Waals surface area contributed by atoms with Crippen molar-refractivity contribution in [3.05, 3.63) is 41.4 Å². The van der Waals surface area contributed by atoms with Gasteiger partial charge in [0.25, 0.3) is 5.91 Å². The van der Waals surface area contributed by atoms with E-state index in [1.165, 1.54) is 11.8 Å². The van der Waals surface area contributed by atoms with E-state index in [4.69, 9.17) is 5.73 Å². The summed E-state index contributed by atoms with van der Waals surface area (Å²) in [6, 6.07) is 9.25. The van der Waals surface area contributed by atoms with E-state index in [2.05, 4.69) is 10.6 Å². The third kappa shape index (κ3) is 2.20. The summed E-state index contributed by atoms with van der Waals surface area (Å²) < 4.78 is 0. The predicted octanol–water partition coefficient (Wildman–Crippen LogP) is 1.44. The Labute approximate surface area is 98.3 Å². The Hall–Kier alpha value is -1.46. The zero-order valence-corrected chi connectivity index (χ0v) is 9.67. The molecule has 4 N–H and O–H groups in total. The molecule has 1 heterocycles. The Balaban J connectivity index is 2.05. The number of carbonyl (C=O) groups excluding carboxylic acids is 1. The molecule has 1 aliphatic heterocycles. The van der Waals surface area contributed by atoms with E-state index < -0.39 is 4.99 Å². The minimum atomic E-state index is -1.10. The van der Waals surface area contributed by atoms with Gasteiger partial charge in [0.2, 0.25) is 4.99 Å². The minimum absolute atomic E-state index is 0.253. The van der Waals surface area contributed by atoms with Crippen LogP contribution in [0.25, 0.3) is 0 Å². The first-order valence-electron chi connectivity index (χ1n) is 4.88. The van der Waals surface area contributed by atoms with Crippen LogP contribution in [0, 0.1) is 0 Å². The number of amides is 1. The summed E-state index contributed by atoms with van der Waals surface area (Å²) in [7, 11) is 0. The molecule has 16 heavy (non-hydrogen) atoms. The molecule has 0 fully saturated rings. The molecule has 0 bridgehead atoms. The van der Waals surface area contributed by atoms with Crippen LogP contribution >= 0.6 is 11.8 Å². The Bertz CT molecular complexity index is 432. The number of rotatable bonds is 2. The Morgan fingerprint density at radius 1 is 1.44 bits per heavy atom. The van der Waals surface area contributed by atoms with Gasteiger partial charge in [-0.25, -0.2) is 0 Å². The van der Waals surface area contributed by atoms with Crippen LogP contribution in [0.5, 0.6) is 0 Å². The maximum absolute atomic E-state index is 11.9. The van der Waals surface area contributed by atoms with E-state index >= 15 is 0 Å². The number of para-hydroxylation sites is 1. The van der Waals surface area contributed by atoms with Crippen molar-refractivity contribution in [2.45, 2.75) is 11.9 Å². The van der Waals surface area contributed by atoms with Crippen molar-refractivity contribution in [3.8, 4) is 0 Å². The number of thioether (sulfide) groups is 1. The van der Waals surface area contributed by atoms with Gasteiger partial charge in [0.05, 0.1) is 0 Å². The van der Waals surface area contributed by atoms with Gasteiger partial charge in [-0.05, 0) is 24.5 Å². The fourth-order valence-electron chi connectivity index (χ4n) is 1.39. The summed E-state index contributed by atoms with van der Waals surface area (Å²) in [5.74, 6) is -0.253. The van der Waals surface area contributed by atoms with E-state index in [0.29, 0.717) is 0 Å². The highest BCUT2D eigenvalue weighted by Gasteiger charge is 2.37. The molecule has 0 saturated carbocycles. The Morgan fingerprint density at radius 2 is 2.12 bits per heavy atom. The average molecular weight is 235 g/mol. The second-order valence-corrected chi connectivity index (χ2v) is 4.71. The van der Waals surface area contributed by atoms with Crippen molar-refractivity contribution in [2.75, 3.05) is 5.32 Å². The maximum atomic E-state index is 11.9. The van der Waals surface area contributed by atoms with Gasteiger partial charge in [0.15, 0.2) is 0 Å². The molecule has 0 aliphatic carbocycles. The van der Waals surface area contributed by atoms with Crippen LogP contribution in [0.3, 0.4) is 0 Å². The monoisotopic (exact) mass is 235 g/mol. The van der Waals surface area contributed by atoms with Gasteiger partial charge in [0.1, 0.15) is 0 Å². The van der Waals surface area contributed by atoms with Crippen LogP contribution in [0.2, 0.25) is 0 Å². The lowest BCUT2D eigenvalue weighted by Crippen LogP contribution is -2.56. The molecule has 0 saturated heterocycles. The van der Waals surface area contributed by atoms with E-state index in [-0.39, 0.29) is 5.91 Å². The maximum Gasteiger partial charge on any atom is 0.276 e. The summed E-state index contributed by atoms with van der Waals surface area (Å²) in [5, 5.41) is 7.54. The van der Waals surface area contributed by atoms with Gasteiger partial charge in [-0.2, -0.15) is 0 Å². The first-order valence-corrected chi connectivity index (χ1v) is 5.76. The second-order valence-electron chi connectivity index (χ2n) is 3.60. The van der Waals surface area contributed by atoms with Crippen molar-refractivity contribution in [3.63, 3.8) is 0 Å². The Morgan fingerprint density at radius 3 is 2.69 bits per heavy atom. The first-order chi connectivity index (χ1) is 7.60. The Kier molecular flexibility index (Phi) is 2.89. The number of carbonyl (C=O) groups is 1. The number of hydrogen-bond acceptors (Lipinski definition) is 4. The number of nitrogens with one attached hydrogen (secondary N) is 2. The van der Waals surface area contributed by atoms with Crippen molar-refractivity contribution < 1.29 is 4.79 Å². The molecule has 0 spiro atoms. The van der Waals surface area contributed by atoms with Crippen LogP contribution < -0.4 is 16.4 Å². The predicted molar refractivity (Wildman–Crippen MR) is 66.5 cm³/mol. The summed E-state index contributed by atoms with van der Waals surface area (Å²) in [4.78, 5) is 10.8. The molecule has 0 aromatic heterocycles. The van der Waals surface area contributed by atoms with Crippen molar-refractivity contribution >= 4 is 23.4 Å². The molecule has 5 heteroatoms. The molecule has 84 valence electrons. The molecular weight excluding hydrogens is 222 g/mol. The fraction of sp³-hybridized carbons (Fsp3) is 0.182. The molecule has 2 rings (SSSR count).